The lowest BCUT2D eigenvalue weighted by Crippen LogP contribution is -2.34. The molecule has 0 amide bonds. The first-order valence-electron chi connectivity index (χ1n) is 10.5. The van der Waals surface area contributed by atoms with Crippen molar-refractivity contribution in [3.63, 3.8) is 0 Å². The summed E-state index contributed by atoms with van der Waals surface area (Å²) in [7, 11) is -2.37. The molecule has 0 aromatic heterocycles. The normalized spacial score (nSPS) is 15.2. The molecule has 0 aliphatic heterocycles. The number of halogens is 4. The van der Waals surface area contributed by atoms with Crippen LogP contribution in [-0.2, 0) is 22.0 Å². The predicted octanol–water partition coefficient (Wildman–Crippen LogP) is 8.59. The number of rotatable bonds is 5. The Labute approximate surface area is 236 Å². The van der Waals surface area contributed by atoms with Crippen molar-refractivity contribution < 1.29 is 8.42 Å². The third-order valence-corrected chi connectivity index (χ3v) is 9.13. The summed E-state index contributed by atoms with van der Waals surface area (Å²) in [4.78, 5) is 0. The van der Waals surface area contributed by atoms with Gasteiger partial charge < -0.3 is 0 Å². The first-order chi connectivity index (χ1) is 15.4. The molecule has 0 aliphatic carbocycles. The van der Waals surface area contributed by atoms with Gasteiger partial charge in [-0.1, -0.05) is 67.2 Å². The average Bonchev–Trinajstić information content (AvgIpc) is 2.66. The van der Waals surface area contributed by atoms with Crippen LogP contribution < -0.4 is 4.72 Å². The van der Waals surface area contributed by atoms with Gasteiger partial charge >= 0.3 is 0 Å². The van der Waals surface area contributed by atoms with Gasteiger partial charge in [0, 0.05) is 25.6 Å². The van der Waals surface area contributed by atoms with Gasteiger partial charge in [-0.15, -0.1) is 0 Å². The largest absolute Gasteiger partial charge is 0.242 e. The molecule has 34 heavy (non-hydrogen) atoms. The molecule has 0 heterocycles. The molecular weight excluding hydrogens is 643 g/mol. The maximum absolute atomic E-state index is 12.0. The highest BCUT2D eigenvalue weighted by atomic mass is 79.9. The van der Waals surface area contributed by atoms with Crippen LogP contribution in [0.5, 0.6) is 0 Å². The van der Waals surface area contributed by atoms with Crippen molar-refractivity contribution >= 4 is 82.7 Å². The highest BCUT2D eigenvalue weighted by Gasteiger charge is 2.22. The van der Waals surface area contributed by atoms with Crippen molar-refractivity contribution in [2.24, 2.45) is 4.40 Å². The first kappa shape index (κ1) is 31.9. The summed E-state index contributed by atoms with van der Waals surface area (Å²) in [5, 5.41) is 1.27. The van der Waals surface area contributed by atoms with Crippen LogP contribution in [0.1, 0.15) is 72.6 Å². The maximum Gasteiger partial charge on any atom is 0.145 e. The minimum Gasteiger partial charge on any atom is -0.242 e. The second-order valence-corrected chi connectivity index (χ2v) is 16.1. The van der Waals surface area contributed by atoms with Crippen molar-refractivity contribution in [3.05, 3.63) is 66.5 Å². The SMILES string of the molecule is CC(=N[S@@](=O)C(C)(C)C)c1ccc(Br)cc1Cl.C[C@@H](N[S@@](=O)C(C)(C)C)c1ccc(Br)cc1Cl. The minimum absolute atomic E-state index is 0.0457. The van der Waals surface area contributed by atoms with Crippen LogP contribution in [-0.4, -0.2) is 23.6 Å². The zero-order valence-electron chi connectivity index (χ0n) is 20.6. The van der Waals surface area contributed by atoms with Crippen LogP contribution in [0.15, 0.2) is 49.7 Å². The van der Waals surface area contributed by atoms with Crippen molar-refractivity contribution in [1.29, 1.82) is 0 Å². The number of benzene rings is 2. The summed E-state index contributed by atoms with van der Waals surface area (Å²) in [6.07, 6.45) is 0. The minimum atomic E-state index is -1.26. The Hall–Kier alpha value is -0.0900. The molecule has 3 atom stereocenters. The molecule has 0 saturated carbocycles. The second-order valence-electron chi connectivity index (χ2n) is 9.55. The van der Waals surface area contributed by atoms with Gasteiger partial charge in [0.25, 0.3) is 0 Å². The molecule has 2 rings (SSSR count). The van der Waals surface area contributed by atoms with Crippen molar-refractivity contribution in [2.75, 3.05) is 0 Å². The van der Waals surface area contributed by atoms with Gasteiger partial charge in [0.2, 0.25) is 0 Å². The Kier molecular flexibility index (Phi) is 12.6. The van der Waals surface area contributed by atoms with E-state index >= 15 is 0 Å². The Morgan fingerprint density at radius 3 is 1.85 bits per heavy atom. The fourth-order valence-electron chi connectivity index (χ4n) is 2.35. The molecule has 0 spiro atoms. The lowest BCUT2D eigenvalue weighted by Gasteiger charge is -2.22. The third kappa shape index (κ3) is 10.5. The maximum atomic E-state index is 12.0. The summed E-state index contributed by atoms with van der Waals surface area (Å²) in [6.45, 7) is 15.3. The molecule has 2 aromatic carbocycles. The van der Waals surface area contributed by atoms with E-state index < -0.39 is 22.0 Å². The molecule has 4 nitrogen and oxygen atoms in total. The molecular formula is C24H32Br2Cl2N2O2S2. The van der Waals surface area contributed by atoms with Gasteiger partial charge in [0.1, 0.15) is 11.0 Å². The fraction of sp³-hybridized carbons (Fsp3) is 0.458. The molecule has 10 heteroatoms. The van der Waals surface area contributed by atoms with Crippen molar-refractivity contribution in [1.82, 2.24) is 4.72 Å². The smallest absolute Gasteiger partial charge is 0.145 e. The molecule has 0 aliphatic rings. The molecule has 0 radical (unpaired) electrons. The Balaban J connectivity index is 0.000000340. The van der Waals surface area contributed by atoms with E-state index in [1.807, 2.05) is 85.7 Å². The van der Waals surface area contributed by atoms with Crippen molar-refractivity contribution in [2.45, 2.75) is 70.9 Å². The van der Waals surface area contributed by atoms with E-state index in [9.17, 15) is 8.42 Å². The fourth-order valence-corrected chi connectivity index (χ4v) is 5.42. The summed E-state index contributed by atoms with van der Waals surface area (Å²) in [6, 6.07) is 11.2. The lowest BCUT2D eigenvalue weighted by molar-refractivity contribution is 0.616. The summed E-state index contributed by atoms with van der Waals surface area (Å²) in [5.74, 6) is 0. The molecule has 2 aromatic rings. The quantitative estimate of drug-likeness (QED) is 0.323. The molecule has 190 valence electrons. The summed E-state index contributed by atoms with van der Waals surface area (Å²) in [5.41, 5.74) is 2.45. The number of nitrogens with zero attached hydrogens (tertiary/aromatic N) is 1. The van der Waals surface area contributed by atoms with Gasteiger partial charge in [0.05, 0.1) is 31.2 Å². The van der Waals surface area contributed by atoms with Gasteiger partial charge in [-0.05, 0) is 85.2 Å². The van der Waals surface area contributed by atoms with E-state index in [2.05, 4.69) is 41.0 Å². The van der Waals surface area contributed by atoms with E-state index in [1.54, 1.807) is 6.07 Å². The van der Waals surface area contributed by atoms with Crippen LogP contribution in [0.3, 0.4) is 0 Å². The lowest BCUT2D eigenvalue weighted by atomic mass is 10.1. The number of hydrogen-bond acceptors (Lipinski definition) is 2. The standard InChI is InChI=1S/C12H17BrClNOS.C12H15BrClNOS/c2*1-8(15-17(16)12(2,3)4)10-6-5-9(13)7-11(10)14/h5-8,15H,1-4H3;5-7H,1-4H3/t8-,17+;17-/m10/s1. The highest BCUT2D eigenvalue weighted by molar-refractivity contribution is 9.10. The van der Waals surface area contributed by atoms with Crippen molar-refractivity contribution in [3.8, 4) is 0 Å². The Morgan fingerprint density at radius 2 is 1.41 bits per heavy atom. The average molecular weight is 675 g/mol. The van der Waals surface area contributed by atoms with E-state index in [4.69, 9.17) is 23.2 Å². The van der Waals surface area contributed by atoms with Crippen LogP contribution in [0, 0.1) is 0 Å². The second kappa shape index (κ2) is 13.5. The summed E-state index contributed by atoms with van der Waals surface area (Å²) >= 11 is 19.0. The molecule has 1 N–H and O–H groups in total. The van der Waals surface area contributed by atoms with E-state index in [-0.39, 0.29) is 15.5 Å². The van der Waals surface area contributed by atoms with Crippen LogP contribution in [0.2, 0.25) is 10.0 Å². The summed E-state index contributed by atoms with van der Waals surface area (Å²) < 4.78 is 32.4. The van der Waals surface area contributed by atoms with Gasteiger partial charge in [-0.2, -0.15) is 4.40 Å². The number of hydrogen-bond donors (Lipinski definition) is 1. The van der Waals surface area contributed by atoms with E-state index in [0.717, 1.165) is 20.1 Å². The molecule has 0 unspecified atom stereocenters. The Morgan fingerprint density at radius 1 is 0.912 bits per heavy atom. The van der Waals surface area contributed by atoms with Crippen LogP contribution in [0.25, 0.3) is 0 Å². The Bertz CT molecular complexity index is 1080. The zero-order valence-corrected chi connectivity index (χ0v) is 27.0. The van der Waals surface area contributed by atoms with Gasteiger partial charge in [-0.3, -0.25) is 0 Å². The van der Waals surface area contributed by atoms with Gasteiger partial charge in [-0.25, -0.2) is 13.1 Å². The highest BCUT2D eigenvalue weighted by Crippen LogP contribution is 2.27. The number of nitrogens with one attached hydrogen (secondary N) is 1. The van der Waals surface area contributed by atoms with E-state index in [0.29, 0.717) is 15.8 Å². The van der Waals surface area contributed by atoms with E-state index in [1.165, 1.54) is 0 Å². The zero-order chi connectivity index (χ0) is 26.4. The molecule has 0 fully saturated rings. The van der Waals surface area contributed by atoms with Crippen LogP contribution >= 0.6 is 55.1 Å². The first-order valence-corrected chi connectivity index (χ1v) is 15.1. The molecule has 0 bridgehead atoms. The predicted molar refractivity (Wildman–Crippen MR) is 158 cm³/mol. The van der Waals surface area contributed by atoms with Gasteiger partial charge in [0.15, 0.2) is 0 Å². The monoisotopic (exact) mass is 672 g/mol. The molecule has 0 saturated heterocycles. The third-order valence-electron chi connectivity index (χ3n) is 4.33. The van der Waals surface area contributed by atoms with Crippen LogP contribution in [0.4, 0.5) is 0 Å². The topological polar surface area (TPSA) is 58.5 Å².